The number of benzene rings is 4. The van der Waals surface area contributed by atoms with Gasteiger partial charge in [-0.15, -0.1) is 0 Å². The summed E-state index contributed by atoms with van der Waals surface area (Å²) in [5, 5.41) is 7.95. The van der Waals surface area contributed by atoms with Crippen LogP contribution in [0.4, 0.5) is 0 Å². The number of nitrogens with zero attached hydrogens (tertiary/aromatic N) is 2. The van der Waals surface area contributed by atoms with Crippen molar-refractivity contribution in [1.82, 2.24) is 10.9 Å². The largest absolute Gasteiger partial charge is 0.493 e. The van der Waals surface area contributed by atoms with Crippen molar-refractivity contribution in [3.63, 3.8) is 0 Å². The van der Waals surface area contributed by atoms with Gasteiger partial charge in [-0.05, 0) is 96.8 Å². The third-order valence-electron chi connectivity index (χ3n) is 7.88. The highest BCUT2D eigenvalue weighted by Gasteiger charge is 2.17. The molecule has 16 heteroatoms. The zero-order valence-corrected chi connectivity index (χ0v) is 31.7. The first-order chi connectivity index (χ1) is 27.1. The standard InChI is InChI=1S/C40H42N4O12/c1-49-29-17-13-27(21-35(29)53-5)39(47)55-31-15-11-25(19-33(31)51-3)23-41-43-37(45)9-7-8-10-38(46)44-42-24-26-12-16-32(34(20-26)52-4)56-40(48)28-14-18-30(50-2)36(22-28)54-6/h11-24H,7-10H2,1-6H3,(H,43,45)(H,44,46)/b41-23+,42-24+. The summed E-state index contributed by atoms with van der Waals surface area (Å²) >= 11 is 0. The molecular weight excluding hydrogens is 728 g/mol. The van der Waals surface area contributed by atoms with Crippen LogP contribution in [0, 0.1) is 0 Å². The Morgan fingerprint density at radius 2 is 0.804 bits per heavy atom. The number of hydrogen-bond acceptors (Lipinski definition) is 14. The maximum Gasteiger partial charge on any atom is 0.343 e. The van der Waals surface area contributed by atoms with Crippen molar-refractivity contribution in [2.45, 2.75) is 25.7 Å². The summed E-state index contributed by atoms with van der Waals surface area (Å²) in [4.78, 5) is 50.1. The number of esters is 2. The van der Waals surface area contributed by atoms with E-state index in [0.717, 1.165) is 0 Å². The molecule has 0 spiro atoms. The van der Waals surface area contributed by atoms with E-state index in [-0.39, 0.29) is 58.8 Å². The molecule has 2 amide bonds. The molecule has 0 saturated heterocycles. The normalized spacial score (nSPS) is 10.8. The van der Waals surface area contributed by atoms with E-state index in [1.807, 2.05) is 0 Å². The van der Waals surface area contributed by atoms with Crippen molar-refractivity contribution >= 4 is 36.2 Å². The third kappa shape index (κ3) is 11.7. The van der Waals surface area contributed by atoms with E-state index in [9.17, 15) is 19.2 Å². The molecule has 0 radical (unpaired) electrons. The van der Waals surface area contributed by atoms with E-state index < -0.39 is 11.9 Å². The number of hydrogen-bond donors (Lipinski definition) is 2. The van der Waals surface area contributed by atoms with Crippen molar-refractivity contribution in [2.24, 2.45) is 10.2 Å². The highest BCUT2D eigenvalue weighted by molar-refractivity contribution is 5.93. The maximum absolute atomic E-state index is 12.7. The minimum Gasteiger partial charge on any atom is -0.493 e. The van der Waals surface area contributed by atoms with Crippen LogP contribution in [-0.4, -0.2) is 78.8 Å². The monoisotopic (exact) mass is 770 g/mol. The van der Waals surface area contributed by atoms with Crippen LogP contribution >= 0.6 is 0 Å². The number of hydrazone groups is 2. The van der Waals surface area contributed by atoms with Gasteiger partial charge in [0.2, 0.25) is 11.8 Å². The minimum atomic E-state index is -0.623. The maximum atomic E-state index is 12.7. The number of ether oxygens (including phenoxy) is 8. The zero-order chi connectivity index (χ0) is 40.5. The van der Waals surface area contributed by atoms with Crippen LogP contribution in [-0.2, 0) is 9.59 Å². The Morgan fingerprint density at radius 1 is 0.464 bits per heavy atom. The molecule has 0 bridgehead atoms. The quantitative estimate of drug-likeness (QED) is 0.0410. The van der Waals surface area contributed by atoms with Gasteiger partial charge in [0.15, 0.2) is 46.0 Å². The fourth-order valence-electron chi connectivity index (χ4n) is 4.98. The smallest absolute Gasteiger partial charge is 0.343 e. The second-order valence-electron chi connectivity index (χ2n) is 11.5. The predicted octanol–water partition coefficient (Wildman–Crippen LogP) is 5.34. The van der Waals surface area contributed by atoms with Crippen molar-refractivity contribution in [3.05, 3.63) is 95.1 Å². The summed E-state index contributed by atoms with van der Waals surface area (Å²) in [5.74, 6) is 0.728. The topological polar surface area (TPSA) is 191 Å². The number of carbonyl (C=O) groups is 4. The van der Waals surface area contributed by atoms with Gasteiger partial charge in [-0.3, -0.25) is 9.59 Å². The Labute approximate surface area is 323 Å². The van der Waals surface area contributed by atoms with Gasteiger partial charge in [0.25, 0.3) is 0 Å². The van der Waals surface area contributed by atoms with Crippen LogP contribution in [0.3, 0.4) is 0 Å². The summed E-state index contributed by atoms with van der Waals surface area (Å²) < 4.78 is 42.7. The second kappa shape index (κ2) is 21.0. The number of methoxy groups -OCH3 is 6. The van der Waals surface area contributed by atoms with E-state index in [2.05, 4.69) is 21.1 Å². The van der Waals surface area contributed by atoms with Crippen molar-refractivity contribution in [2.75, 3.05) is 42.7 Å². The van der Waals surface area contributed by atoms with Gasteiger partial charge in [0.05, 0.1) is 66.2 Å². The van der Waals surface area contributed by atoms with Gasteiger partial charge in [-0.25, -0.2) is 20.4 Å². The van der Waals surface area contributed by atoms with Crippen LogP contribution in [0.5, 0.6) is 46.0 Å². The van der Waals surface area contributed by atoms with E-state index in [4.69, 9.17) is 37.9 Å². The van der Waals surface area contributed by atoms with Gasteiger partial charge < -0.3 is 37.9 Å². The third-order valence-corrected chi connectivity index (χ3v) is 7.88. The number of nitrogens with one attached hydrogen (secondary N) is 2. The van der Waals surface area contributed by atoms with Crippen molar-refractivity contribution in [3.8, 4) is 46.0 Å². The van der Waals surface area contributed by atoms with E-state index >= 15 is 0 Å². The lowest BCUT2D eigenvalue weighted by Gasteiger charge is -2.11. The summed E-state index contributed by atoms with van der Waals surface area (Å²) in [5.41, 5.74) is 6.56. The molecule has 0 aromatic heterocycles. The summed E-state index contributed by atoms with van der Waals surface area (Å²) in [6, 6.07) is 18.9. The Hall–Kier alpha value is -7.10. The molecule has 56 heavy (non-hydrogen) atoms. The van der Waals surface area contributed by atoms with E-state index in [0.29, 0.717) is 47.0 Å². The molecule has 0 fully saturated rings. The Kier molecular flexibility index (Phi) is 15.6. The van der Waals surface area contributed by atoms with E-state index in [1.165, 1.54) is 67.2 Å². The van der Waals surface area contributed by atoms with Gasteiger partial charge in [-0.1, -0.05) is 0 Å². The zero-order valence-electron chi connectivity index (χ0n) is 31.7. The molecule has 4 aromatic carbocycles. The Morgan fingerprint density at radius 3 is 1.16 bits per heavy atom. The molecule has 0 aliphatic heterocycles. The molecule has 0 saturated carbocycles. The highest BCUT2D eigenvalue weighted by Crippen LogP contribution is 2.32. The lowest BCUT2D eigenvalue weighted by Crippen LogP contribution is -2.19. The van der Waals surface area contributed by atoms with Crippen molar-refractivity contribution in [1.29, 1.82) is 0 Å². The number of amides is 2. The van der Waals surface area contributed by atoms with Crippen LogP contribution < -0.4 is 48.7 Å². The molecular formula is C40H42N4O12. The molecule has 294 valence electrons. The van der Waals surface area contributed by atoms with Gasteiger partial charge >= 0.3 is 11.9 Å². The van der Waals surface area contributed by atoms with Gasteiger partial charge in [-0.2, -0.15) is 10.2 Å². The first-order valence-electron chi connectivity index (χ1n) is 17.0. The molecule has 4 rings (SSSR count). The number of unbranched alkanes of at least 4 members (excludes halogenated alkanes) is 1. The molecule has 0 atom stereocenters. The van der Waals surface area contributed by atoms with Gasteiger partial charge in [0, 0.05) is 12.8 Å². The Bertz CT molecular complexity index is 1940. The lowest BCUT2D eigenvalue weighted by molar-refractivity contribution is -0.123. The SMILES string of the molecule is COc1ccc(C(=O)Oc2ccc(/C=N/NC(=O)CCCCC(=O)N/N=C/c3ccc(OC(=O)c4ccc(OC)c(OC)c4)c(OC)c3)cc2OC)cc1OC. The van der Waals surface area contributed by atoms with Crippen molar-refractivity contribution < 1.29 is 57.1 Å². The Balaban J connectivity index is 1.17. The number of rotatable bonds is 19. The van der Waals surface area contributed by atoms with Crippen LogP contribution in [0.1, 0.15) is 57.5 Å². The summed E-state index contributed by atoms with van der Waals surface area (Å²) in [7, 11) is 8.79. The summed E-state index contributed by atoms with van der Waals surface area (Å²) in [6.07, 6.45) is 4.00. The van der Waals surface area contributed by atoms with Gasteiger partial charge in [0.1, 0.15) is 0 Å². The highest BCUT2D eigenvalue weighted by atomic mass is 16.6. The van der Waals surface area contributed by atoms with Crippen LogP contribution in [0.2, 0.25) is 0 Å². The number of carbonyl (C=O) groups excluding carboxylic acids is 4. The molecule has 4 aromatic rings. The van der Waals surface area contributed by atoms with Crippen LogP contribution in [0.25, 0.3) is 0 Å². The minimum absolute atomic E-state index is 0.144. The molecule has 2 N–H and O–H groups in total. The lowest BCUT2D eigenvalue weighted by atomic mass is 10.2. The average Bonchev–Trinajstić information content (AvgIpc) is 3.22. The fraction of sp³-hybridized carbons (Fsp3) is 0.250. The average molecular weight is 771 g/mol. The molecule has 16 nitrogen and oxygen atoms in total. The first kappa shape index (κ1) is 41.7. The molecule has 0 unspecified atom stereocenters. The summed E-state index contributed by atoms with van der Waals surface area (Å²) in [6.45, 7) is 0. The second-order valence-corrected chi connectivity index (χ2v) is 11.5. The van der Waals surface area contributed by atoms with Crippen LogP contribution in [0.15, 0.2) is 83.0 Å². The molecule has 0 heterocycles. The van der Waals surface area contributed by atoms with E-state index in [1.54, 1.807) is 60.7 Å². The predicted molar refractivity (Wildman–Crippen MR) is 205 cm³/mol. The first-order valence-corrected chi connectivity index (χ1v) is 17.0. The molecule has 0 aliphatic carbocycles. The fourth-order valence-corrected chi connectivity index (χ4v) is 4.98. The molecule has 0 aliphatic rings.